The van der Waals surface area contributed by atoms with Gasteiger partial charge in [0.1, 0.15) is 17.9 Å². The molecule has 80 valence electrons. The van der Waals surface area contributed by atoms with Gasteiger partial charge in [-0.25, -0.2) is 0 Å². The highest BCUT2D eigenvalue weighted by molar-refractivity contribution is 9.09. The van der Waals surface area contributed by atoms with Gasteiger partial charge in [0.05, 0.1) is 11.7 Å². The van der Waals surface area contributed by atoms with E-state index in [4.69, 9.17) is 5.26 Å². The van der Waals surface area contributed by atoms with Crippen molar-refractivity contribution in [3.63, 3.8) is 0 Å². The van der Waals surface area contributed by atoms with Crippen molar-refractivity contribution in [2.24, 2.45) is 0 Å². The molecule has 5 heteroatoms. The molecule has 0 aliphatic carbocycles. The lowest BCUT2D eigenvalue weighted by molar-refractivity contribution is 0.0342. The van der Waals surface area contributed by atoms with E-state index in [-0.39, 0.29) is 16.6 Å². The Balaban J connectivity index is 3.02. The Hall–Kier alpha value is -1.09. The molecule has 0 aromatic heterocycles. The fourth-order valence-corrected chi connectivity index (χ4v) is 1.49. The Morgan fingerprint density at radius 2 is 2.07 bits per heavy atom. The Labute approximate surface area is 95.5 Å². The average Bonchev–Trinajstić information content (AvgIpc) is 2.27. The van der Waals surface area contributed by atoms with E-state index in [9.17, 15) is 15.3 Å². The van der Waals surface area contributed by atoms with E-state index in [1.807, 2.05) is 0 Å². The van der Waals surface area contributed by atoms with Gasteiger partial charge in [-0.1, -0.05) is 22.0 Å². The van der Waals surface area contributed by atoms with Crippen LogP contribution in [0.1, 0.15) is 17.2 Å². The van der Waals surface area contributed by atoms with Crippen LogP contribution in [0.25, 0.3) is 0 Å². The zero-order valence-corrected chi connectivity index (χ0v) is 9.35. The molecular formula is C10H10BrNO3. The smallest absolute Gasteiger partial charge is 0.133 e. The number of halogens is 1. The molecule has 2 unspecified atom stereocenters. The molecule has 0 aliphatic heterocycles. The molecule has 0 saturated carbocycles. The first-order valence-electron chi connectivity index (χ1n) is 4.25. The Morgan fingerprint density at radius 1 is 1.40 bits per heavy atom. The molecule has 1 rings (SSSR count). The van der Waals surface area contributed by atoms with Gasteiger partial charge in [0.25, 0.3) is 0 Å². The van der Waals surface area contributed by atoms with Crippen molar-refractivity contribution in [2.45, 2.75) is 12.2 Å². The van der Waals surface area contributed by atoms with Crippen molar-refractivity contribution in [1.29, 1.82) is 5.26 Å². The van der Waals surface area contributed by atoms with Gasteiger partial charge in [-0.3, -0.25) is 0 Å². The molecule has 0 heterocycles. The van der Waals surface area contributed by atoms with Crippen molar-refractivity contribution in [3.05, 3.63) is 29.3 Å². The van der Waals surface area contributed by atoms with Gasteiger partial charge in [-0.15, -0.1) is 0 Å². The second-order valence-electron chi connectivity index (χ2n) is 3.05. The van der Waals surface area contributed by atoms with Crippen LogP contribution in [0.2, 0.25) is 0 Å². The second-order valence-corrected chi connectivity index (χ2v) is 3.70. The van der Waals surface area contributed by atoms with Gasteiger partial charge in [0.15, 0.2) is 0 Å². The maximum Gasteiger partial charge on any atom is 0.133 e. The van der Waals surface area contributed by atoms with Crippen LogP contribution >= 0.6 is 15.9 Å². The molecule has 1 aromatic carbocycles. The van der Waals surface area contributed by atoms with E-state index in [1.54, 1.807) is 6.07 Å². The molecule has 15 heavy (non-hydrogen) atoms. The summed E-state index contributed by atoms with van der Waals surface area (Å²) in [5.41, 5.74) is 0.477. The Bertz CT molecular complexity index is 389. The molecule has 0 fully saturated rings. The van der Waals surface area contributed by atoms with Gasteiger partial charge in [0.2, 0.25) is 0 Å². The van der Waals surface area contributed by atoms with Gasteiger partial charge >= 0.3 is 0 Å². The highest BCUT2D eigenvalue weighted by Gasteiger charge is 2.18. The number of aliphatic hydroxyl groups is 2. The van der Waals surface area contributed by atoms with Crippen LogP contribution in [0.4, 0.5) is 0 Å². The van der Waals surface area contributed by atoms with Crippen molar-refractivity contribution in [1.82, 2.24) is 0 Å². The van der Waals surface area contributed by atoms with Crippen LogP contribution in [-0.2, 0) is 0 Å². The molecule has 1 aromatic rings. The van der Waals surface area contributed by atoms with Crippen LogP contribution in [0.15, 0.2) is 18.2 Å². The van der Waals surface area contributed by atoms with Crippen LogP contribution in [0.3, 0.4) is 0 Å². The van der Waals surface area contributed by atoms with Crippen LogP contribution in [-0.4, -0.2) is 26.8 Å². The lowest BCUT2D eigenvalue weighted by Crippen LogP contribution is -2.19. The zero-order valence-electron chi connectivity index (χ0n) is 7.76. The van der Waals surface area contributed by atoms with Crippen molar-refractivity contribution < 1.29 is 15.3 Å². The second kappa shape index (κ2) is 5.12. The molecule has 0 bridgehead atoms. The number of hydrogen-bond acceptors (Lipinski definition) is 4. The molecule has 0 amide bonds. The first-order valence-corrected chi connectivity index (χ1v) is 5.37. The van der Waals surface area contributed by atoms with Gasteiger partial charge < -0.3 is 15.3 Å². The van der Waals surface area contributed by atoms with E-state index >= 15 is 0 Å². The maximum atomic E-state index is 9.63. The number of aromatic hydroxyl groups is 1. The third-order valence-corrected chi connectivity index (χ3v) is 2.67. The average molecular weight is 272 g/mol. The molecule has 0 aliphatic rings. The summed E-state index contributed by atoms with van der Waals surface area (Å²) in [7, 11) is 0. The van der Waals surface area contributed by atoms with E-state index in [1.165, 1.54) is 18.2 Å². The predicted molar refractivity (Wildman–Crippen MR) is 57.6 cm³/mol. The number of alkyl halides is 1. The minimum Gasteiger partial charge on any atom is -0.507 e. The molecule has 4 nitrogen and oxygen atoms in total. The number of benzene rings is 1. The first kappa shape index (κ1) is 12.0. The highest BCUT2D eigenvalue weighted by Crippen LogP contribution is 2.24. The SMILES string of the molecule is N#Cc1cc(C(O)C(O)CBr)ccc1O. The van der Waals surface area contributed by atoms with Gasteiger partial charge in [-0.05, 0) is 17.7 Å². The molecular weight excluding hydrogens is 262 g/mol. The lowest BCUT2D eigenvalue weighted by atomic mass is 10.0. The summed E-state index contributed by atoms with van der Waals surface area (Å²) in [5, 5.41) is 37.1. The highest BCUT2D eigenvalue weighted by atomic mass is 79.9. The lowest BCUT2D eigenvalue weighted by Gasteiger charge is -2.16. The zero-order chi connectivity index (χ0) is 11.4. The standard InChI is InChI=1S/C10H10BrNO3/c11-4-9(14)10(15)6-1-2-8(13)7(3-6)5-12/h1-3,9-10,13-15H,4H2. The van der Waals surface area contributed by atoms with Gasteiger partial charge in [-0.2, -0.15) is 5.26 Å². The first-order chi connectivity index (χ1) is 7.10. The number of nitriles is 1. The third kappa shape index (κ3) is 2.69. The van der Waals surface area contributed by atoms with Crippen LogP contribution < -0.4 is 0 Å². The number of phenols is 1. The monoisotopic (exact) mass is 271 g/mol. The van der Waals surface area contributed by atoms with Gasteiger partial charge in [0, 0.05) is 5.33 Å². The summed E-state index contributed by atoms with van der Waals surface area (Å²) in [6.07, 6.45) is -2.02. The molecule has 0 radical (unpaired) electrons. The quantitative estimate of drug-likeness (QED) is 0.718. The summed E-state index contributed by atoms with van der Waals surface area (Å²) in [6.45, 7) is 0. The summed E-state index contributed by atoms with van der Waals surface area (Å²) < 4.78 is 0. The number of hydrogen-bond donors (Lipinski definition) is 3. The minimum atomic E-state index is -1.07. The fraction of sp³-hybridized carbons (Fsp3) is 0.300. The largest absolute Gasteiger partial charge is 0.507 e. The predicted octanol–water partition coefficient (Wildman–Crippen LogP) is 1.05. The summed E-state index contributed by atoms with van der Waals surface area (Å²) >= 11 is 3.04. The Kier molecular flexibility index (Phi) is 4.09. The van der Waals surface area contributed by atoms with Crippen LogP contribution in [0.5, 0.6) is 5.75 Å². The van der Waals surface area contributed by atoms with E-state index < -0.39 is 12.2 Å². The molecule has 3 N–H and O–H groups in total. The molecule has 0 saturated heterocycles. The summed E-state index contributed by atoms with van der Waals surface area (Å²) in [5.74, 6) is -0.137. The number of aliphatic hydroxyl groups excluding tert-OH is 2. The van der Waals surface area contributed by atoms with Crippen LogP contribution in [0, 0.1) is 11.3 Å². The van der Waals surface area contributed by atoms with Crippen molar-refractivity contribution in [2.75, 3.05) is 5.33 Å². The number of nitrogens with zero attached hydrogens (tertiary/aromatic N) is 1. The van der Waals surface area contributed by atoms with E-state index in [0.717, 1.165) is 0 Å². The summed E-state index contributed by atoms with van der Waals surface area (Å²) in [6, 6.07) is 5.93. The van der Waals surface area contributed by atoms with Crippen molar-refractivity contribution >= 4 is 15.9 Å². The number of rotatable bonds is 3. The third-order valence-electron chi connectivity index (χ3n) is 2.01. The fourth-order valence-electron chi connectivity index (χ4n) is 1.13. The normalized spacial score (nSPS) is 14.3. The van der Waals surface area contributed by atoms with Crippen molar-refractivity contribution in [3.8, 4) is 11.8 Å². The molecule has 2 atom stereocenters. The van der Waals surface area contributed by atoms with E-state index in [2.05, 4.69) is 15.9 Å². The Morgan fingerprint density at radius 3 is 2.60 bits per heavy atom. The topological polar surface area (TPSA) is 84.5 Å². The summed E-state index contributed by atoms with van der Waals surface area (Å²) in [4.78, 5) is 0. The molecule has 0 spiro atoms. The minimum absolute atomic E-state index is 0.0772. The number of phenolic OH excluding ortho intramolecular Hbond substituents is 1. The van der Waals surface area contributed by atoms with E-state index in [0.29, 0.717) is 5.56 Å². The maximum absolute atomic E-state index is 9.63.